The molecule has 0 saturated heterocycles. The van der Waals surface area contributed by atoms with Crippen molar-refractivity contribution >= 4 is 0 Å². The molecule has 2 rings (SSSR count). The van der Waals surface area contributed by atoms with Crippen LogP contribution in [0, 0.1) is 22.7 Å². The highest BCUT2D eigenvalue weighted by Crippen LogP contribution is 2.59. The largest absolute Gasteiger partial charge is 0.396 e. The van der Waals surface area contributed by atoms with Crippen molar-refractivity contribution in [3.05, 3.63) is 0 Å². The third-order valence-corrected chi connectivity index (χ3v) is 5.47. The van der Waals surface area contributed by atoms with Crippen LogP contribution in [0.4, 0.5) is 0 Å². The number of aliphatic hydroxyl groups excluding tert-OH is 1. The average molecular weight is 210 g/mol. The van der Waals surface area contributed by atoms with Gasteiger partial charge in [-0.15, -0.1) is 0 Å². The fourth-order valence-corrected chi connectivity index (χ4v) is 4.57. The molecule has 2 saturated carbocycles. The second kappa shape index (κ2) is 3.76. The van der Waals surface area contributed by atoms with Crippen molar-refractivity contribution in [1.82, 2.24) is 0 Å². The summed E-state index contributed by atoms with van der Waals surface area (Å²) >= 11 is 0. The Morgan fingerprint density at radius 3 is 2.47 bits per heavy atom. The Balaban J connectivity index is 2.27. The summed E-state index contributed by atoms with van der Waals surface area (Å²) in [6.45, 7) is 7.73. The van der Waals surface area contributed by atoms with E-state index in [9.17, 15) is 5.11 Å². The van der Waals surface area contributed by atoms with E-state index in [1.165, 1.54) is 38.5 Å². The highest BCUT2D eigenvalue weighted by Gasteiger charge is 2.51. The molecule has 0 aromatic carbocycles. The molecule has 3 unspecified atom stereocenters. The maximum Gasteiger partial charge on any atom is 0.0464 e. The van der Waals surface area contributed by atoms with Crippen molar-refractivity contribution in [2.45, 2.75) is 59.3 Å². The van der Waals surface area contributed by atoms with Crippen molar-refractivity contribution in [2.75, 3.05) is 6.61 Å². The van der Waals surface area contributed by atoms with E-state index in [-0.39, 0.29) is 0 Å². The smallest absolute Gasteiger partial charge is 0.0464 e. The van der Waals surface area contributed by atoms with Crippen LogP contribution >= 0.6 is 0 Å². The molecule has 0 amide bonds. The summed E-state index contributed by atoms with van der Waals surface area (Å²) < 4.78 is 0. The number of rotatable bonds is 1. The molecular formula is C14H26O. The summed E-state index contributed by atoms with van der Waals surface area (Å²) in [5.41, 5.74) is 0.926. The molecule has 88 valence electrons. The SMILES string of the molecule is CC1(C)CCCC2(C)C(CO)CCCC12. The average Bonchev–Trinajstić information content (AvgIpc) is 2.16. The van der Waals surface area contributed by atoms with Crippen molar-refractivity contribution in [3.63, 3.8) is 0 Å². The van der Waals surface area contributed by atoms with Gasteiger partial charge in [-0.3, -0.25) is 0 Å². The van der Waals surface area contributed by atoms with Crippen LogP contribution in [0.3, 0.4) is 0 Å². The predicted octanol–water partition coefficient (Wildman–Crippen LogP) is 3.61. The van der Waals surface area contributed by atoms with E-state index in [1.807, 2.05) is 0 Å². The maximum atomic E-state index is 9.57. The standard InChI is InChI=1S/C14H26O/c1-13(2)8-5-9-14(3)11(10-15)6-4-7-12(13)14/h11-12,15H,4-10H2,1-3H3. The second-order valence-corrected chi connectivity index (χ2v) is 6.71. The molecule has 1 nitrogen and oxygen atoms in total. The third-order valence-electron chi connectivity index (χ3n) is 5.47. The van der Waals surface area contributed by atoms with Gasteiger partial charge in [0.2, 0.25) is 0 Å². The Labute approximate surface area is 94.3 Å². The van der Waals surface area contributed by atoms with E-state index in [2.05, 4.69) is 20.8 Å². The van der Waals surface area contributed by atoms with Crippen LogP contribution in [0.1, 0.15) is 59.3 Å². The molecule has 15 heavy (non-hydrogen) atoms. The summed E-state index contributed by atoms with van der Waals surface area (Å²) in [6, 6.07) is 0. The van der Waals surface area contributed by atoms with Gasteiger partial charge in [0.25, 0.3) is 0 Å². The van der Waals surface area contributed by atoms with Crippen LogP contribution in [-0.2, 0) is 0 Å². The third kappa shape index (κ3) is 1.73. The zero-order chi connectivity index (χ0) is 11.1. The van der Waals surface area contributed by atoms with Gasteiger partial charge in [0.05, 0.1) is 0 Å². The van der Waals surface area contributed by atoms with E-state index in [1.54, 1.807) is 0 Å². The zero-order valence-corrected chi connectivity index (χ0v) is 10.6. The Kier molecular flexibility index (Phi) is 2.87. The summed E-state index contributed by atoms with van der Waals surface area (Å²) in [4.78, 5) is 0. The monoisotopic (exact) mass is 210 g/mol. The van der Waals surface area contributed by atoms with Crippen LogP contribution in [0.5, 0.6) is 0 Å². The molecule has 0 aromatic rings. The van der Waals surface area contributed by atoms with E-state index >= 15 is 0 Å². The Hall–Kier alpha value is -0.0400. The van der Waals surface area contributed by atoms with Gasteiger partial charge >= 0.3 is 0 Å². The molecule has 0 bridgehead atoms. The molecule has 0 heterocycles. The highest BCUT2D eigenvalue weighted by atomic mass is 16.3. The number of hydrogen-bond acceptors (Lipinski definition) is 1. The Morgan fingerprint density at radius 1 is 1.07 bits per heavy atom. The molecule has 1 N–H and O–H groups in total. The van der Waals surface area contributed by atoms with Gasteiger partial charge in [0, 0.05) is 6.61 Å². The first-order valence-corrected chi connectivity index (χ1v) is 6.61. The minimum Gasteiger partial charge on any atom is -0.396 e. The number of aliphatic hydroxyl groups is 1. The lowest BCUT2D eigenvalue weighted by molar-refractivity contribution is -0.0867. The van der Waals surface area contributed by atoms with E-state index < -0.39 is 0 Å². The highest BCUT2D eigenvalue weighted by molar-refractivity contribution is 5.00. The fourth-order valence-electron chi connectivity index (χ4n) is 4.57. The van der Waals surface area contributed by atoms with Crippen LogP contribution in [0.25, 0.3) is 0 Å². The topological polar surface area (TPSA) is 20.2 Å². The quantitative estimate of drug-likeness (QED) is 0.701. The van der Waals surface area contributed by atoms with Gasteiger partial charge in [0.1, 0.15) is 0 Å². The summed E-state index contributed by atoms with van der Waals surface area (Å²) in [6.07, 6.45) is 8.04. The number of hydrogen-bond donors (Lipinski definition) is 1. The molecule has 2 fully saturated rings. The Bertz CT molecular complexity index is 233. The predicted molar refractivity (Wildman–Crippen MR) is 63.7 cm³/mol. The summed E-state index contributed by atoms with van der Waals surface area (Å²) in [7, 11) is 0. The van der Waals surface area contributed by atoms with Gasteiger partial charge in [-0.05, 0) is 48.3 Å². The fraction of sp³-hybridized carbons (Fsp3) is 1.00. The first-order chi connectivity index (χ1) is 7.00. The summed E-state index contributed by atoms with van der Waals surface area (Å²) in [5, 5.41) is 9.57. The molecule has 1 heteroatoms. The van der Waals surface area contributed by atoms with Crippen molar-refractivity contribution in [1.29, 1.82) is 0 Å². The van der Waals surface area contributed by atoms with Crippen molar-refractivity contribution in [2.24, 2.45) is 22.7 Å². The molecule has 0 aliphatic heterocycles. The second-order valence-electron chi connectivity index (χ2n) is 6.71. The van der Waals surface area contributed by atoms with Crippen LogP contribution < -0.4 is 0 Å². The Morgan fingerprint density at radius 2 is 1.80 bits per heavy atom. The zero-order valence-electron chi connectivity index (χ0n) is 10.6. The van der Waals surface area contributed by atoms with E-state index in [4.69, 9.17) is 0 Å². The minimum absolute atomic E-state index is 0.406. The van der Waals surface area contributed by atoms with Crippen LogP contribution in [-0.4, -0.2) is 11.7 Å². The van der Waals surface area contributed by atoms with E-state index in [0.717, 1.165) is 5.92 Å². The lowest BCUT2D eigenvalue weighted by atomic mass is 9.48. The maximum absolute atomic E-state index is 9.57. The van der Waals surface area contributed by atoms with E-state index in [0.29, 0.717) is 23.4 Å². The molecular weight excluding hydrogens is 184 g/mol. The van der Waals surface area contributed by atoms with Crippen molar-refractivity contribution < 1.29 is 5.11 Å². The van der Waals surface area contributed by atoms with Crippen LogP contribution in [0.15, 0.2) is 0 Å². The van der Waals surface area contributed by atoms with Gasteiger partial charge in [-0.1, -0.05) is 33.6 Å². The van der Waals surface area contributed by atoms with Gasteiger partial charge < -0.3 is 5.11 Å². The molecule has 2 aliphatic rings. The normalized spacial score (nSPS) is 44.8. The van der Waals surface area contributed by atoms with Gasteiger partial charge in [-0.2, -0.15) is 0 Å². The molecule has 0 radical (unpaired) electrons. The molecule has 2 aliphatic carbocycles. The van der Waals surface area contributed by atoms with Crippen LogP contribution in [0.2, 0.25) is 0 Å². The number of fused-ring (bicyclic) bond motifs is 1. The lowest BCUT2D eigenvalue weighted by Crippen LogP contribution is -2.49. The van der Waals surface area contributed by atoms with Crippen molar-refractivity contribution in [3.8, 4) is 0 Å². The summed E-state index contributed by atoms with van der Waals surface area (Å²) in [5.74, 6) is 1.40. The van der Waals surface area contributed by atoms with Gasteiger partial charge in [-0.25, -0.2) is 0 Å². The molecule has 3 atom stereocenters. The van der Waals surface area contributed by atoms with Gasteiger partial charge in [0.15, 0.2) is 0 Å². The first kappa shape index (κ1) is 11.4. The minimum atomic E-state index is 0.406. The first-order valence-electron chi connectivity index (χ1n) is 6.61. The molecule has 0 spiro atoms. The lowest BCUT2D eigenvalue weighted by Gasteiger charge is -2.57. The molecule has 0 aromatic heterocycles.